The van der Waals surface area contributed by atoms with E-state index in [9.17, 15) is 14.9 Å². The highest BCUT2D eigenvalue weighted by atomic mass is 16.6. The third-order valence-corrected chi connectivity index (χ3v) is 3.81. The fraction of sp³-hybridized carbons (Fsp3) is 0.350. The number of anilines is 1. The fourth-order valence-corrected chi connectivity index (χ4v) is 2.45. The van der Waals surface area contributed by atoms with Crippen LogP contribution in [0.4, 0.5) is 11.4 Å². The van der Waals surface area contributed by atoms with Gasteiger partial charge in [-0.15, -0.1) is 0 Å². The van der Waals surface area contributed by atoms with Crippen LogP contribution in [-0.4, -0.2) is 24.0 Å². The predicted octanol–water partition coefficient (Wildman–Crippen LogP) is 4.57. The highest BCUT2D eigenvalue weighted by Crippen LogP contribution is 2.25. The van der Waals surface area contributed by atoms with Crippen molar-refractivity contribution in [2.45, 2.75) is 32.6 Å². The van der Waals surface area contributed by atoms with Crippen LogP contribution in [0, 0.1) is 10.1 Å². The van der Waals surface area contributed by atoms with Crippen molar-refractivity contribution in [1.29, 1.82) is 0 Å². The van der Waals surface area contributed by atoms with Crippen molar-refractivity contribution < 1.29 is 19.2 Å². The first kappa shape index (κ1) is 20.2. The van der Waals surface area contributed by atoms with Gasteiger partial charge < -0.3 is 14.8 Å². The number of nitrogens with one attached hydrogen (secondary N) is 1. The molecule has 0 radical (unpaired) electrons. The average Bonchev–Trinajstić information content (AvgIpc) is 2.66. The van der Waals surface area contributed by atoms with Gasteiger partial charge in [0.15, 0.2) is 12.4 Å². The summed E-state index contributed by atoms with van der Waals surface area (Å²) in [4.78, 5) is 22.5. The van der Waals surface area contributed by atoms with Gasteiger partial charge >= 0.3 is 5.69 Å². The molecule has 0 aliphatic carbocycles. The van der Waals surface area contributed by atoms with Crippen molar-refractivity contribution in [2.75, 3.05) is 18.5 Å². The van der Waals surface area contributed by atoms with Gasteiger partial charge in [-0.2, -0.15) is 0 Å². The lowest BCUT2D eigenvalue weighted by Crippen LogP contribution is -2.20. The number of ether oxygens (including phenoxy) is 2. The quantitative estimate of drug-likeness (QED) is 0.354. The number of nitrogens with zero attached hydrogens (tertiary/aromatic N) is 1. The second kappa shape index (κ2) is 10.8. The van der Waals surface area contributed by atoms with Crippen molar-refractivity contribution >= 4 is 17.3 Å². The van der Waals surface area contributed by atoms with Crippen molar-refractivity contribution in [3.63, 3.8) is 0 Å². The SMILES string of the molecule is CCCCCCOc1cccc(NC(=O)COc2ccccc2[N+](=O)[O-])c1. The van der Waals surface area contributed by atoms with Crippen LogP contribution in [0.5, 0.6) is 11.5 Å². The molecule has 2 aromatic carbocycles. The van der Waals surface area contributed by atoms with Gasteiger partial charge in [0.05, 0.1) is 11.5 Å². The summed E-state index contributed by atoms with van der Waals surface area (Å²) >= 11 is 0. The number of para-hydroxylation sites is 2. The number of unbranched alkanes of at least 4 members (excludes halogenated alkanes) is 3. The number of rotatable bonds is 11. The van der Waals surface area contributed by atoms with E-state index in [-0.39, 0.29) is 18.0 Å². The van der Waals surface area contributed by atoms with Crippen LogP contribution in [0.15, 0.2) is 48.5 Å². The molecule has 1 amide bonds. The standard InChI is InChI=1S/C20H24N2O5/c1-2-3-4-7-13-26-17-10-8-9-16(14-17)21-20(23)15-27-19-12-6-5-11-18(19)22(24)25/h5-6,8-12,14H,2-4,7,13,15H2,1H3,(H,21,23). The number of hydrogen-bond donors (Lipinski definition) is 1. The van der Waals surface area contributed by atoms with E-state index < -0.39 is 10.8 Å². The van der Waals surface area contributed by atoms with E-state index >= 15 is 0 Å². The van der Waals surface area contributed by atoms with E-state index in [4.69, 9.17) is 9.47 Å². The maximum Gasteiger partial charge on any atom is 0.310 e. The van der Waals surface area contributed by atoms with E-state index in [1.807, 2.05) is 6.07 Å². The molecular weight excluding hydrogens is 348 g/mol. The lowest BCUT2D eigenvalue weighted by atomic mass is 10.2. The van der Waals surface area contributed by atoms with Crippen LogP contribution in [0.1, 0.15) is 32.6 Å². The summed E-state index contributed by atoms with van der Waals surface area (Å²) in [6, 6.07) is 13.0. The van der Waals surface area contributed by atoms with Crippen LogP contribution >= 0.6 is 0 Å². The number of amides is 1. The van der Waals surface area contributed by atoms with Gasteiger partial charge in [-0.25, -0.2) is 0 Å². The molecule has 0 saturated carbocycles. The number of carbonyl (C=O) groups excluding carboxylic acids is 1. The minimum atomic E-state index is -0.547. The van der Waals surface area contributed by atoms with Crippen molar-refractivity contribution in [2.24, 2.45) is 0 Å². The molecule has 7 heteroatoms. The van der Waals surface area contributed by atoms with Crippen molar-refractivity contribution in [1.82, 2.24) is 0 Å². The summed E-state index contributed by atoms with van der Waals surface area (Å²) in [6.45, 7) is 2.47. The average molecular weight is 372 g/mol. The molecule has 0 fully saturated rings. The number of hydrogen-bond acceptors (Lipinski definition) is 5. The van der Waals surface area contributed by atoms with Crippen LogP contribution in [-0.2, 0) is 4.79 Å². The van der Waals surface area contributed by atoms with Gasteiger partial charge in [0, 0.05) is 17.8 Å². The molecule has 0 atom stereocenters. The van der Waals surface area contributed by atoms with E-state index in [2.05, 4.69) is 12.2 Å². The van der Waals surface area contributed by atoms with E-state index in [0.29, 0.717) is 18.0 Å². The number of nitro benzene ring substituents is 1. The summed E-state index contributed by atoms with van der Waals surface area (Å²) in [7, 11) is 0. The van der Waals surface area contributed by atoms with Crippen molar-refractivity contribution in [3.05, 3.63) is 58.6 Å². The molecule has 2 rings (SSSR count). The third kappa shape index (κ3) is 6.97. The summed E-state index contributed by atoms with van der Waals surface area (Å²) in [5.41, 5.74) is 0.404. The van der Waals surface area contributed by atoms with E-state index in [0.717, 1.165) is 12.8 Å². The minimum absolute atomic E-state index is 0.0572. The van der Waals surface area contributed by atoms with Gasteiger partial charge in [-0.05, 0) is 24.6 Å². The molecule has 2 aromatic rings. The molecule has 27 heavy (non-hydrogen) atoms. The molecule has 0 aliphatic rings. The van der Waals surface area contributed by atoms with Crippen LogP contribution in [0.25, 0.3) is 0 Å². The van der Waals surface area contributed by atoms with Gasteiger partial charge in [0.1, 0.15) is 5.75 Å². The summed E-state index contributed by atoms with van der Waals surface area (Å²) in [5.74, 6) is 0.332. The number of benzene rings is 2. The first-order valence-electron chi connectivity index (χ1n) is 8.99. The minimum Gasteiger partial charge on any atom is -0.494 e. The molecule has 0 aromatic heterocycles. The van der Waals surface area contributed by atoms with E-state index in [1.165, 1.54) is 25.0 Å². The zero-order valence-corrected chi connectivity index (χ0v) is 15.3. The zero-order chi connectivity index (χ0) is 19.5. The maximum atomic E-state index is 12.1. The second-order valence-electron chi connectivity index (χ2n) is 6.00. The molecule has 144 valence electrons. The Kier molecular flexibility index (Phi) is 8.09. The molecule has 0 bridgehead atoms. The molecule has 0 unspecified atom stereocenters. The number of carbonyl (C=O) groups is 1. The molecule has 0 saturated heterocycles. The molecule has 7 nitrogen and oxygen atoms in total. The van der Waals surface area contributed by atoms with Gasteiger partial charge in [-0.3, -0.25) is 14.9 Å². The lowest BCUT2D eigenvalue weighted by Gasteiger charge is -2.10. The highest BCUT2D eigenvalue weighted by Gasteiger charge is 2.15. The first-order valence-corrected chi connectivity index (χ1v) is 8.99. The van der Waals surface area contributed by atoms with Gasteiger partial charge in [0.2, 0.25) is 0 Å². The molecule has 0 heterocycles. The second-order valence-corrected chi connectivity index (χ2v) is 6.00. The molecule has 1 N–H and O–H groups in total. The lowest BCUT2D eigenvalue weighted by molar-refractivity contribution is -0.385. The van der Waals surface area contributed by atoms with Crippen molar-refractivity contribution in [3.8, 4) is 11.5 Å². The van der Waals surface area contributed by atoms with Crippen LogP contribution in [0.3, 0.4) is 0 Å². The maximum absolute atomic E-state index is 12.1. The van der Waals surface area contributed by atoms with Crippen LogP contribution in [0.2, 0.25) is 0 Å². The smallest absolute Gasteiger partial charge is 0.310 e. The monoisotopic (exact) mass is 372 g/mol. The van der Waals surface area contributed by atoms with Gasteiger partial charge in [0.25, 0.3) is 5.91 Å². The third-order valence-electron chi connectivity index (χ3n) is 3.81. The Labute approximate surface area is 158 Å². The summed E-state index contributed by atoms with van der Waals surface area (Å²) in [6.07, 6.45) is 4.50. The van der Waals surface area contributed by atoms with Gasteiger partial charge in [-0.1, -0.05) is 44.4 Å². The Morgan fingerprint density at radius 3 is 2.67 bits per heavy atom. The fourth-order valence-electron chi connectivity index (χ4n) is 2.45. The molecule has 0 spiro atoms. The largest absolute Gasteiger partial charge is 0.494 e. The Morgan fingerprint density at radius 1 is 1.07 bits per heavy atom. The Balaban J connectivity index is 1.83. The normalized spacial score (nSPS) is 10.3. The predicted molar refractivity (Wildman–Crippen MR) is 103 cm³/mol. The highest BCUT2D eigenvalue weighted by molar-refractivity contribution is 5.92. The molecular formula is C20H24N2O5. The summed E-state index contributed by atoms with van der Waals surface area (Å²) < 4.78 is 11.0. The first-order chi connectivity index (χ1) is 13.1. The van der Waals surface area contributed by atoms with Crippen LogP contribution < -0.4 is 14.8 Å². The Hall–Kier alpha value is -3.09. The topological polar surface area (TPSA) is 90.7 Å². The van der Waals surface area contributed by atoms with E-state index in [1.54, 1.807) is 30.3 Å². The Bertz CT molecular complexity index is 764. The molecule has 0 aliphatic heterocycles. The Morgan fingerprint density at radius 2 is 1.89 bits per heavy atom. The summed E-state index contributed by atoms with van der Waals surface area (Å²) in [5, 5.41) is 13.6. The number of nitro groups is 1. The zero-order valence-electron chi connectivity index (χ0n) is 15.3.